The highest BCUT2D eigenvalue weighted by atomic mass is 79.9. The number of carbonyl (C=O) groups is 1. The molecule has 2 aromatic carbocycles. The zero-order valence-electron chi connectivity index (χ0n) is 12.1. The Bertz CT molecular complexity index is 682. The number of aryl methyl sites for hydroxylation is 2. The van der Waals surface area contributed by atoms with E-state index in [2.05, 4.69) is 15.9 Å². The maximum atomic E-state index is 12.4. The Hall–Kier alpha value is -1.32. The first-order valence-corrected chi connectivity index (χ1v) is 7.78. The summed E-state index contributed by atoms with van der Waals surface area (Å²) in [5.41, 5.74) is 2.91. The van der Waals surface area contributed by atoms with Crippen molar-refractivity contribution in [1.29, 1.82) is 0 Å². The van der Waals surface area contributed by atoms with Gasteiger partial charge in [-0.15, -0.1) is 0 Å². The van der Waals surface area contributed by atoms with E-state index in [4.69, 9.17) is 16.3 Å². The average Bonchev–Trinajstić information content (AvgIpc) is 2.44. The summed E-state index contributed by atoms with van der Waals surface area (Å²) < 4.78 is 6.55. The molecule has 2 rings (SSSR count). The predicted molar refractivity (Wildman–Crippen MR) is 89.5 cm³/mol. The van der Waals surface area contributed by atoms with E-state index < -0.39 is 6.10 Å². The lowest BCUT2D eigenvalue weighted by atomic mass is 10.0. The van der Waals surface area contributed by atoms with Crippen LogP contribution in [0, 0.1) is 13.8 Å². The number of ketones is 1. The molecule has 0 aliphatic rings. The van der Waals surface area contributed by atoms with Crippen LogP contribution in [0.5, 0.6) is 5.75 Å². The Morgan fingerprint density at radius 1 is 1.14 bits per heavy atom. The van der Waals surface area contributed by atoms with Gasteiger partial charge in [-0.25, -0.2) is 0 Å². The molecule has 0 spiro atoms. The van der Waals surface area contributed by atoms with Crippen molar-refractivity contribution in [1.82, 2.24) is 0 Å². The van der Waals surface area contributed by atoms with Gasteiger partial charge in [0.15, 0.2) is 6.10 Å². The van der Waals surface area contributed by atoms with Crippen LogP contribution in [-0.2, 0) is 0 Å². The van der Waals surface area contributed by atoms with Crippen LogP contribution in [-0.4, -0.2) is 11.9 Å². The molecule has 21 heavy (non-hydrogen) atoms. The van der Waals surface area contributed by atoms with Gasteiger partial charge in [-0.05, 0) is 56.2 Å². The molecule has 2 aromatic rings. The average molecular weight is 368 g/mol. The molecule has 0 aliphatic heterocycles. The van der Waals surface area contributed by atoms with Crippen molar-refractivity contribution in [2.75, 3.05) is 0 Å². The minimum absolute atomic E-state index is 0.0583. The van der Waals surface area contributed by atoms with Crippen LogP contribution < -0.4 is 4.74 Å². The Kier molecular flexibility index (Phi) is 5.07. The van der Waals surface area contributed by atoms with Crippen LogP contribution in [0.15, 0.2) is 40.9 Å². The summed E-state index contributed by atoms with van der Waals surface area (Å²) in [7, 11) is 0. The standard InChI is InChI=1S/C17H16BrClO2/c1-10-4-5-13(8-11(10)2)17(20)12(3)21-16-7-6-14(18)9-15(16)19/h4-9,12H,1-3H3/t12-/m1/s1. The first-order chi connectivity index (χ1) is 9.88. The molecular formula is C17H16BrClO2. The summed E-state index contributed by atoms with van der Waals surface area (Å²) in [6, 6.07) is 11.0. The van der Waals surface area contributed by atoms with Crippen LogP contribution >= 0.6 is 27.5 Å². The minimum atomic E-state index is -0.592. The lowest BCUT2D eigenvalue weighted by Gasteiger charge is -2.15. The Morgan fingerprint density at radius 3 is 2.48 bits per heavy atom. The van der Waals surface area contributed by atoms with Crippen LogP contribution in [0.25, 0.3) is 0 Å². The highest BCUT2D eigenvalue weighted by Crippen LogP contribution is 2.29. The van der Waals surface area contributed by atoms with Gasteiger partial charge in [0, 0.05) is 10.0 Å². The highest BCUT2D eigenvalue weighted by molar-refractivity contribution is 9.10. The molecule has 0 saturated heterocycles. The highest BCUT2D eigenvalue weighted by Gasteiger charge is 2.18. The SMILES string of the molecule is Cc1ccc(C(=O)[C@@H](C)Oc2ccc(Br)cc2Cl)cc1C. The number of rotatable bonds is 4. The molecule has 0 aromatic heterocycles. The normalized spacial score (nSPS) is 12.0. The molecule has 110 valence electrons. The van der Waals surface area contributed by atoms with Gasteiger partial charge in [0.25, 0.3) is 0 Å². The van der Waals surface area contributed by atoms with E-state index in [9.17, 15) is 4.79 Å². The number of Topliss-reactive ketones (excluding diaryl/α,β-unsaturated/α-hetero) is 1. The van der Waals surface area contributed by atoms with E-state index in [1.165, 1.54) is 0 Å². The molecule has 0 heterocycles. The fraction of sp³-hybridized carbons (Fsp3) is 0.235. The van der Waals surface area contributed by atoms with Gasteiger partial charge in [0.2, 0.25) is 5.78 Å². The van der Waals surface area contributed by atoms with Crippen LogP contribution in [0.4, 0.5) is 0 Å². The fourth-order valence-electron chi connectivity index (χ4n) is 1.94. The van der Waals surface area contributed by atoms with E-state index >= 15 is 0 Å². The smallest absolute Gasteiger partial charge is 0.203 e. The van der Waals surface area contributed by atoms with E-state index in [1.807, 2.05) is 38.1 Å². The summed E-state index contributed by atoms with van der Waals surface area (Å²) in [4.78, 5) is 12.4. The van der Waals surface area contributed by atoms with E-state index in [0.717, 1.165) is 15.6 Å². The minimum Gasteiger partial charge on any atom is -0.481 e. The van der Waals surface area contributed by atoms with Crippen molar-refractivity contribution in [3.63, 3.8) is 0 Å². The lowest BCUT2D eigenvalue weighted by Crippen LogP contribution is -2.24. The van der Waals surface area contributed by atoms with Gasteiger partial charge in [-0.3, -0.25) is 4.79 Å². The summed E-state index contributed by atoms with van der Waals surface area (Å²) in [6.45, 7) is 5.74. The topological polar surface area (TPSA) is 26.3 Å². The number of ether oxygens (including phenoxy) is 1. The summed E-state index contributed by atoms with van der Waals surface area (Å²) in [5.74, 6) is 0.446. The van der Waals surface area contributed by atoms with Gasteiger partial charge in [-0.2, -0.15) is 0 Å². The van der Waals surface area contributed by atoms with Crippen molar-refractivity contribution < 1.29 is 9.53 Å². The molecule has 4 heteroatoms. The fourth-order valence-corrected chi connectivity index (χ4v) is 2.66. The zero-order valence-corrected chi connectivity index (χ0v) is 14.5. The summed E-state index contributed by atoms with van der Waals surface area (Å²) in [5, 5.41) is 0.476. The van der Waals surface area contributed by atoms with Gasteiger partial charge in [0.05, 0.1) is 5.02 Å². The van der Waals surface area contributed by atoms with E-state index in [0.29, 0.717) is 16.3 Å². The van der Waals surface area contributed by atoms with Gasteiger partial charge in [-0.1, -0.05) is 39.7 Å². The quantitative estimate of drug-likeness (QED) is 0.679. The number of carbonyl (C=O) groups excluding carboxylic acids is 1. The number of hydrogen-bond donors (Lipinski definition) is 0. The van der Waals surface area contributed by atoms with Gasteiger partial charge < -0.3 is 4.74 Å². The van der Waals surface area contributed by atoms with Crippen LogP contribution in [0.2, 0.25) is 5.02 Å². The second kappa shape index (κ2) is 6.63. The van der Waals surface area contributed by atoms with Crippen molar-refractivity contribution in [2.24, 2.45) is 0 Å². The second-order valence-corrected chi connectivity index (χ2v) is 6.32. The monoisotopic (exact) mass is 366 g/mol. The molecule has 0 N–H and O–H groups in total. The molecule has 0 bridgehead atoms. The number of benzene rings is 2. The summed E-state index contributed by atoms with van der Waals surface area (Å²) in [6.07, 6.45) is -0.592. The molecule has 0 aliphatic carbocycles. The largest absolute Gasteiger partial charge is 0.481 e. The Morgan fingerprint density at radius 2 is 1.86 bits per heavy atom. The third-order valence-electron chi connectivity index (χ3n) is 3.36. The molecular weight excluding hydrogens is 352 g/mol. The van der Waals surface area contributed by atoms with Crippen LogP contribution in [0.1, 0.15) is 28.4 Å². The van der Waals surface area contributed by atoms with Crippen molar-refractivity contribution in [3.05, 3.63) is 62.6 Å². The van der Waals surface area contributed by atoms with Crippen molar-refractivity contribution in [2.45, 2.75) is 26.9 Å². The summed E-state index contributed by atoms with van der Waals surface area (Å²) >= 11 is 9.44. The zero-order chi connectivity index (χ0) is 15.6. The van der Waals surface area contributed by atoms with Gasteiger partial charge in [0.1, 0.15) is 5.75 Å². The third kappa shape index (κ3) is 3.86. The van der Waals surface area contributed by atoms with Crippen molar-refractivity contribution in [3.8, 4) is 5.75 Å². The van der Waals surface area contributed by atoms with Gasteiger partial charge >= 0.3 is 0 Å². The Labute approximate surface area is 138 Å². The molecule has 0 radical (unpaired) electrons. The second-order valence-electron chi connectivity index (χ2n) is 5.00. The van der Waals surface area contributed by atoms with Crippen molar-refractivity contribution >= 4 is 33.3 Å². The first kappa shape index (κ1) is 16.1. The lowest BCUT2D eigenvalue weighted by molar-refractivity contribution is 0.0818. The van der Waals surface area contributed by atoms with E-state index in [-0.39, 0.29) is 5.78 Å². The maximum absolute atomic E-state index is 12.4. The molecule has 0 fully saturated rings. The number of hydrogen-bond acceptors (Lipinski definition) is 2. The molecule has 0 saturated carbocycles. The first-order valence-electron chi connectivity index (χ1n) is 6.61. The van der Waals surface area contributed by atoms with Crippen LogP contribution in [0.3, 0.4) is 0 Å². The molecule has 0 unspecified atom stereocenters. The molecule has 1 atom stereocenters. The Balaban J connectivity index is 2.17. The molecule has 2 nitrogen and oxygen atoms in total. The third-order valence-corrected chi connectivity index (χ3v) is 4.15. The van der Waals surface area contributed by atoms with E-state index in [1.54, 1.807) is 19.1 Å². The predicted octanol–water partition coefficient (Wildman–Crippen LogP) is 5.37. The number of halogens is 2. The molecule has 0 amide bonds. The maximum Gasteiger partial charge on any atom is 0.203 e.